The molecule has 16 nitrogen and oxygen atoms in total. The predicted octanol–water partition coefficient (Wildman–Crippen LogP) is 1.05. The maximum Gasteiger partial charge on any atom is 0.352 e. The van der Waals surface area contributed by atoms with Crippen LogP contribution in [0.5, 0.6) is 11.5 Å². The van der Waals surface area contributed by atoms with E-state index in [1.165, 1.54) is 53.6 Å². The van der Waals surface area contributed by atoms with Crippen molar-refractivity contribution < 1.29 is 49.0 Å². The van der Waals surface area contributed by atoms with E-state index in [0.717, 1.165) is 16.2 Å². The summed E-state index contributed by atoms with van der Waals surface area (Å²) in [6.45, 7) is -0.830. The van der Waals surface area contributed by atoms with Crippen LogP contribution >= 0.6 is 23.1 Å². The van der Waals surface area contributed by atoms with E-state index >= 15 is 0 Å². The fourth-order valence-corrected chi connectivity index (χ4v) is 5.97. The number of hydrogen-bond donors (Lipinski definition) is 6. The molecule has 2 aliphatic rings. The molecule has 0 bridgehead atoms. The lowest BCUT2D eigenvalue weighted by Crippen LogP contribution is -2.71. The van der Waals surface area contributed by atoms with Crippen molar-refractivity contribution in [1.29, 1.82) is 0 Å². The highest BCUT2D eigenvalue weighted by Gasteiger charge is 2.54. The number of aliphatic carboxylic acids is 2. The number of nitrogen functional groups attached to an aromatic ring is 1. The molecule has 1 aromatic carbocycles. The molecule has 5 rings (SSSR count). The quantitative estimate of drug-likeness (QED) is 0.0795. The van der Waals surface area contributed by atoms with Crippen molar-refractivity contribution in [2.75, 3.05) is 18.1 Å². The van der Waals surface area contributed by atoms with Gasteiger partial charge in [-0.25, -0.2) is 14.6 Å². The van der Waals surface area contributed by atoms with Gasteiger partial charge < -0.3 is 40.8 Å². The van der Waals surface area contributed by atoms with Gasteiger partial charge in [-0.1, -0.05) is 16.4 Å². The van der Waals surface area contributed by atoms with Gasteiger partial charge in [0.1, 0.15) is 28.5 Å². The normalized spacial score (nSPS) is 18.4. The number of carbonyl (C=O) groups is 4. The number of aromatic nitrogens is 2. The Morgan fingerprint density at radius 3 is 2.67 bits per heavy atom. The molecule has 3 aromatic rings. The lowest BCUT2D eigenvalue weighted by molar-refractivity contribution is -0.150. The zero-order valence-electron chi connectivity index (χ0n) is 21.5. The number of nitrogens with zero attached hydrogens (tertiary/aromatic N) is 4. The van der Waals surface area contributed by atoms with Crippen molar-refractivity contribution >= 4 is 63.8 Å². The molecular weight excluding hydrogens is 608 g/mol. The largest absolute Gasteiger partial charge is 0.504 e. The van der Waals surface area contributed by atoms with Crippen LogP contribution in [0.3, 0.4) is 0 Å². The molecule has 7 N–H and O–H groups in total. The van der Waals surface area contributed by atoms with E-state index in [1.807, 2.05) is 0 Å². The van der Waals surface area contributed by atoms with Gasteiger partial charge in [0.2, 0.25) is 6.61 Å². The van der Waals surface area contributed by atoms with Crippen LogP contribution in [-0.2, 0) is 24.0 Å². The van der Waals surface area contributed by atoms with Crippen LogP contribution in [0, 0.1) is 0 Å². The number of oxime groups is 1. The first-order chi connectivity index (χ1) is 20.5. The number of nitrogens with two attached hydrogens (primary N) is 1. The van der Waals surface area contributed by atoms with E-state index in [0.29, 0.717) is 16.8 Å². The molecular formula is C25H20N6O10S2. The summed E-state index contributed by atoms with van der Waals surface area (Å²) < 4.78 is 5.27. The number of allylic oxidation sites excluding steroid dienone is 1. The van der Waals surface area contributed by atoms with Gasteiger partial charge in [-0.3, -0.25) is 14.5 Å². The van der Waals surface area contributed by atoms with Gasteiger partial charge in [-0.05, 0) is 29.8 Å². The molecule has 1 fully saturated rings. The summed E-state index contributed by atoms with van der Waals surface area (Å²) in [7, 11) is 0. The smallest absolute Gasteiger partial charge is 0.352 e. The molecule has 43 heavy (non-hydrogen) atoms. The maximum absolute atomic E-state index is 13.1. The summed E-state index contributed by atoms with van der Waals surface area (Å²) in [5.74, 6) is -4.48. The summed E-state index contributed by atoms with van der Waals surface area (Å²) in [4.78, 5) is 58.8. The minimum atomic E-state index is -1.36. The molecule has 0 radical (unpaired) electrons. The molecule has 0 saturated carbocycles. The third kappa shape index (κ3) is 5.99. The second kappa shape index (κ2) is 11.9. The van der Waals surface area contributed by atoms with E-state index < -0.39 is 47.5 Å². The van der Waals surface area contributed by atoms with Crippen molar-refractivity contribution in [1.82, 2.24) is 20.4 Å². The monoisotopic (exact) mass is 628 g/mol. The number of β-lactam (4-membered cyclic amide) rings is 1. The Hall–Kier alpha value is -5.36. The number of aromatic hydroxyl groups is 2. The number of phenols is 2. The molecule has 0 aliphatic carbocycles. The number of thioether (sulfide) groups is 1. The van der Waals surface area contributed by atoms with Crippen LogP contribution in [0.25, 0.3) is 17.3 Å². The third-order valence-electron chi connectivity index (χ3n) is 6.06. The molecule has 0 spiro atoms. The number of phenolic OH excluding ortho intramolecular Hbond substituents is 2. The van der Waals surface area contributed by atoms with Gasteiger partial charge in [0.05, 0.1) is 0 Å². The van der Waals surface area contributed by atoms with Crippen molar-refractivity contribution in [2.45, 2.75) is 11.4 Å². The lowest BCUT2D eigenvalue weighted by Gasteiger charge is -2.49. The second-order valence-electron chi connectivity index (χ2n) is 8.87. The van der Waals surface area contributed by atoms with Crippen LogP contribution in [-0.4, -0.2) is 88.7 Å². The number of carbonyl (C=O) groups excluding carboxylic acids is 2. The SMILES string of the molecule is Nc1nc(/C(=N/OCC(=O)O)C(=O)NC2C(=O)N3C(C(=O)O)=C(/C=C/c4cc(-c5ccc(O)c(O)c5)no4)CSC23)cs1. The van der Waals surface area contributed by atoms with Crippen LogP contribution in [0.2, 0.25) is 0 Å². The zero-order valence-corrected chi connectivity index (χ0v) is 23.2. The van der Waals surface area contributed by atoms with Crippen molar-refractivity contribution in [3.63, 3.8) is 0 Å². The fraction of sp³-hybridized carbons (Fsp3) is 0.160. The van der Waals surface area contributed by atoms with Crippen molar-refractivity contribution in [3.8, 4) is 22.8 Å². The Balaban J connectivity index is 1.32. The zero-order chi connectivity index (χ0) is 30.8. The van der Waals surface area contributed by atoms with E-state index in [2.05, 4.69) is 20.6 Å². The number of hydrogen-bond acceptors (Lipinski definition) is 14. The predicted molar refractivity (Wildman–Crippen MR) is 151 cm³/mol. The van der Waals surface area contributed by atoms with Crippen molar-refractivity contribution in [2.24, 2.45) is 5.16 Å². The van der Waals surface area contributed by atoms with Gasteiger partial charge in [0, 0.05) is 22.8 Å². The average molecular weight is 629 g/mol. The maximum atomic E-state index is 13.1. The molecule has 2 aromatic heterocycles. The highest BCUT2D eigenvalue weighted by atomic mass is 32.2. The summed E-state index contributed by atoms with van der Waals surface area (Å²) in [6, 6.07) is 4.55. The number of fused-ring (bicyclic) bond motifs is 1. The Bertz CT molecular complexity index is 1730. The molecule has 1 saturated heterocycles. The van der Waals surface area contributed by atoms with Gasteiger partial charge in [-0.2, -0.15) is 0 Å². The van der Waals surface area contributed by atoms with Crippen LogP contribution in [0.4, 0.5) is 5.13 Å². The first-order valence-corrected chi connectivity index (χ1v) is 14.0. The summed E-state index contributed by atoms with van der Waals surface area (Å²) in [5, 5.41) is 48.7. The van der Waals surface area contributed by atoms with Crippen LogP contribution < -0.4 is 11.1 Å². The number of carboxylic acids is 2. The minimum Gasteiger partial charge on any atom is -0.504 e. The van der Waals surface area contributed by atoms with Gasteiger partial charge in [-0.15, -0.1) is 23.1 Å². The molecule has 2 atom stereocenters. The number of anilines is 1. The number of amides is 2. The molecule has 2 unspecified atom stereocenters. The van der Waals surface area contributed by atoms with Crippen molar-refractivity contribution in [3.05, 3.63) is 58.4 Å². The van der Waals surface area contributed by atoms with Crippen LogP contribution in [0.1, 0.15) is 11.5 Å². The van der Waals surface area contributed by atoms with Gasteiger partial charge in [0.15, 0.2) is 28.1 Å². The summed E-state index contributed by atoms with van der Waals surface area (Å²) in [6.07, 6.45) is 2.94. The van der Waals surface area contributed by atoms with E-state index in [-0.39, 0.29) is 39.5 Å². The topological polar surface area (TPSA) is 251 Å². The number of thiazole rings is 1. The molecule has 2 aliphatic heterocycles. The first-order valence-electron chi connectivity index (χ1n) is 12.1. The molecule has 222 valence electrons. The Morgan fingerprint density at radius 2 is 2.00 bits per heavy atom. The minimum absolute atomic E-state index is 0.00152. The van der Waals surface area contributed by atoms with E-state index in [9.17, 15) is 34.5 Å². The van der Waals surface area contributed by atoms with Gasteiger partial charge >= 0.3 is 11.9 Å². The molecule has 18 heteroatoms. The van der Waals surface area contributed by atoms with E-state index in [4.69, 9.17) is 20.2 Å². The summed E-state index contributed by atoms with van der Waals surface area (Å²) >= 11 is 2.21. The number of nitrogens with one attached hydrogen (secondary N) is 1. The third-order valence-corrected chi connectivity index (χ3v) is 8.03. The summed E-state index contributed by atoms with van der Waals surface area (Å²) in [5.41, 5.74) is 6.07. The number of carboxylic acid groups (broad SMARTS) is 2. The Morgan fingerprint density at radius 1 is 1.21 bits per heavy atom. The average Bonchev–Trinajstić information content (AvgIpc) is 3.62. The van der Waals surface area contributed by atoms with E-state index in [1.54, 1.807) is 0 Å². The first kappa shape index (κ1) is 29.1. The lowest BCUT2D eigenvalue weighted by atomic mass is 10.0. The fourth-order valence-electron chi connectivity index (χ4n) is 4.10. The standard InChI is InChI=1S/C25H20N6O10S2/c26-25-27-14(9-43-25)18(30-40-7-17(34)35)21(36)28-19-22(37)31-20(24(38)39)11(8-42-23(19)31)1-3-12-6-13(29-41-12)10-2-4-15(32)16(33)5-10/h1-6,9,19,23,32-33H,7-8H2,(H2,26,27)(H,28,36)(H,34,35)(H,38,39)/b3-1+,30-18-. The molecule has 2 amide bonds. The highest BCUT2D eigenvalue weighted by Crippen LogP contribution is 2.41. The highest BCUT2D eigenvalue weighted by molar-refractivity contribution is 8.00. The number of benzene rings is 1. The Labute approximate surface area is 248 Å². The van der Waals surface area contributed by atoms with Crippen LogP contribution in [0.15, 0.2) is 56.7 Å². The number of rotatable bonds is 10. The molecule has 4 heterocycles. The Kier molecular flexibility index (Phi) is 8.04. The second-order valence-corrected chi connectivity index (χ2v) is 10.9. The van der Waals surface area contributed by atoms with Gasteiger partial charge in [0.25, 0.3) is 11.8 Å².